The van der Waals surface area contributed by atoms with Crippen LogP contribution in [-0.4, -0.2) is 31.3 Å². The van der Waals surface area contributed by atoms with Crippen LogP contribution in [0.25, 0.3) is 10.9 Å². The minimum Gasteiger partial charge on any atom is -0.493 e. The van der Waals surface area contributed by atoms with Gasteiger partial charge in [0.1, 0.15) is 18.0 Å². The Morgan fingerprint density at radius 1 is 0.917 bits per heavy atom. The molecule has 124 valence electrons. The first-order chi connectivity index (χ1) is 11.7. The lowest BCUT2D eigenvalue weighted by atomic mass is 10.1. The Kier molecular flexibility index (Phi) is 4.33. The van der Waals surface area contributed by atoms with Crippen LogP contribution in [0.15, 0.2) is 36.7 Å². The molecule has 0 unspecified atom stereocenters. The third-order valence-electron chi connectivity index (χ3n) is 3.54. The summed E-state index contributed by atoms with van der Waals surface area (Å²) in [6.45, 7) is 0. The number of nitrogens with zero attached hydrogens (tertiary/aromatic N) is 2. The largest absolute Gasteiger partial charge is 0.493 e. The number of halogens is 1. The van der Waals surface area contributed by atoms with Crippen molar-refractivity contribution >= 4 is 22.4 Å². The van der Waals surface area contributed by atoms with Crippen LogP contribution in [0.1, 0.15) is 0 Å². The van der Waals surface area contributed by atoms with Crippen molar-refractivity contribution < 1.29 is 18.6 Å². The highest BCUT2D eigenvalue weighted by molar-refractivity contribution is 5.99. The van der Waals surface area contributed by atoms with E-state index < -0.39 is 0 Å². The lowest BCUT2D eigenvalue weighted by molar-refractivity contribution is 0.327. The average Bonchev–Trinajstić information content (AvgIpc) is 2.62. The minimum absolute atomic E-state index is 0.308. The fraction of sp³-hybridized carbons (Fsp3) is 0.176. The molecule has 7 heteroatoms. The molecule has 0 amide bonds. The van der Waals surface area contributed by atoms with Gasteiger partial charge in [0.2, 0.25) is 5.75 Å². The zero-order valence-corrected chi connectivity index (χ0v) is 13.5. The number of nitrogens with one attached hydrogen (secondary N) is 1. The van der Waals surface area contributed by atoms with Gasteiger partial charge in [0.05, 0.1) is 32.2 Å². The van der Waals surface area contributed by atoms with Crippen molar-refractivity contribution in [2.75, 3.05) is 26.6 Å². The number of aromatic nitrogens is 2. The van der Waals surface area contributed by atoms with E-state index in [-0.39, 0.29) is 5.82 Å². The molecule has 0 spiro atoms. The van der Waals surface area contributed by atoms with Crippen molar-refractivity contribution in [3.8, 4) is 17.2 Å². The van der Waals surface area contributed by atoms with E-state index in [1.54, 1.807) is 25.3 Å². The van der Waals surface area contributed by atoms with Crippen LogP contribution in [0, 0.1) is 5.82 Å². The highest BCUT2D eigenvalue weighted by Crippen LogP contribution is 2.45. The van der Waals surface area contributed by atoms with Gasteiger partial charge in [0.25, 0.3) is 0 Å². The molecule has 0 aliphatic carbocycles. The topological polar surface area (TPSA) is 65.5 Å². The van der Waals surface area contributed by atoms with E-state index in [2.05, 4.69) is 15.3 Å². The Morgan fingerprint density at radius 2 is 1.62 bits per heavy atom. The maximum atomic E-state index is 13.1. The lowest BCUT2D eigenvalue weighted by Gasteiger charge is -2.16. The van der Waals surface area contributed by atoms with Crippen LogP contribution in [0.2, 0.25) is 0 Å². The molecule has 1 N–H and O–H groups in total. The van der Waals surface area contributed by atoms with Crippen LogP contribution in [0.5, 0.6) is 17.2 Å². The second-order valence-electron chi connectivity index (χ2n) is 4.89. The van der Waals surface area contributed by atoms with Crippen molar-refractivity contribution in [2.45, 2.75) is 0 Å². The quantitative estimate of drug-likeness (QED) is 0.772. The van der Waals surface area contributed by atoms with Crippen molar-refractivity contribution in [1.29, 1.82) is 0 Å². The van der Waals surface area contributed by atoms with Crippen molar-refractivity contribution in [3.63, 3.8) is 0 Å². The molecular weight excluding hydrogens is 313 g/mol. The van der Waals surface area contributed by atoms with E-state index in [1.807, 2.05) is 0 Å². The Hall–Kier alpha value is -3.09. The van der Waals surface area contributed by atoms with E-state index in [4.69, 9.17) is 14.2 Å². The van der Waals surface area contributed by atoms with E-state index >= 15 is 0 Å². The Labute approximate surface area is 138 Å². The van der Waals surface area contributed by atoms with Gasteiger partial charge in [-0.25, -0.2) is 14.4 Å². The summed E-state index contributed by atoms with van der Waals surface area (Å²) in [5, 5.41) is 3.78. The van der Waals surface area contributed by atoms with Gasteiger partial charge in [-0.3, -0.25) is 0 Å². The van der Waals surface area contributed by atoms with E-state index in [0.29, 0.717) is 39.7 Å². The summed E-state index contributed by atoms with van der Waals surface area (Å²) in [4.78, 5) is 8.54. The normalized spacial score (nSPS) is 10.5. The molecule has 0 saturated carbocycles. The molecule has 0 saturated heterocycles. The van der Waals surface area contributed by atoms with Crippen molar-refractivity contribution in [1.82, 2.24) is 9.97 Å². The van der Waals surface area contributed by atoms with Crippen molar-refractivity contribution in [3.05, 3.63) is 42.5 Å². The van der Waals surface area contributed by atoms with Gasteiger partial charge < -0.3 is 19.5 Å². The molecular formula is C17H16FN3O3. The smallest absolute Gasteiger partial charge is 0.204 e. The van der Waals surface area contributed by atoms with E-state index in [9.17, 15) is 4.39 Å². The molecule has 0 aliphatic heterocycles. The zero-order valence-electron chi connectivity index (χ0n) is 13.5. The fourth-order valence-electron chi connectivity index (χ4n) is 2.45. The molecule has 2 aromatic carbocycles. The fourth-order valence-corrected chi connectivity index (χ4v) is 2.45. The molecule has 0 atom stereocenters. The molecule has 0 fully saturated rings. The number of anilines is 2. The standard InChI is InChI=1S/C17H16FN3O3/c1-22-13-8-12-14(16(24-3)15(13)23-2)17(20-9-19-12)21-11-6-4-10(18)5-7-11/h4-9H,1-3H3,(H,19,20,21). The first-order valence-electron chi connectivity index (χ1n) is 7.14. The van der Waals surface area contributed by atoms with Gasteiger partial charge in [-0.15, -0.1) is 0 Å². The average molecular weight is 329 g/mol. The monoisotopic (exact) mass is 329 g/mol. The Bertz CT molecular complexity index is 869. The predicted octanol–water partition coefficient (Wildman–Crippen LogP) is 3.54. The van der Waals surface area contributed by atoms with Gasteiger partial charge in [-0.05, 0) is 24.3 Å². The predicted molar refractivity (Wildman–Crippen MR) is 88.9 cm³/mol. The molecule has 0 bridgehead atoms. The molecule has 3 aromatic rings. The molecule has 3 rings (SSSR count). The highest BCUT2D eigenvalue weighted by atomic mass is 19.1. The molecule has 1 aromatic heterocycles. The lowest BCUT2D eigenvalue weighted by Crippen LogP contribution is -2.01. The van der Waals surface area contributed by atoms with Crippen molar-refractivity contribution in [2.24, 2.45) is 0 Å². The summed E-state index contributed by atoms with van der Waals surface area (Å²) in [5.74, 6) is 1.62. The van der Waals surface area contributed by atoms with Gasteiger partial charge in [0.15, 0.2) is 11.5 Å². The van der Waals surface area contributed by atoms with Crippen LogP contribution in [-0.2, 0) is 0 Å². The first-order valence-corrected chi connectivity index (χ1v) is 7.14. The first kappa shape index (κ1) is 15.8. The number of rotatable bonds is 5. The molecule has 0 aliphatic rings. The van der Waals surface area contributed by atoms with Gasteiger partial charge in [-0.2, -0.15) is 0 Å². The maximum absolute atomic E-state index is 13.1. The minimum atomic E-state index is -0.308. The summed E-state index contributed by atoms with van der Waals surface area (Å²) in [5.41, 5.74) is 1.32. The molecule has 6 nitrogen and oxygen atoms in total. The molecule has 0 radical (unpaired) electrons. The second kappa shape index (κ2) is 6.57. The maximum Gasteiger partial charge on any atom is 0.204 e. The Morgan fingerprint density at radius 3 is 2.25 bits per heavy atom. The third-order valence-corrected chi connectivity index (χ3v) is 3.54. The van der Waals surface area contributed by atoms with Crippen LogP contribution in [0.3, 0.4) is 0 Å². The summed E-state index contributed by atoms with van der Waals surface area (Å²) in [7, 11) is 4.61. The summed E-state index contributed by atoms with van der Waals surface area (Å²) >= 11 is 0. The number of benzene rings is 2. The summed E-state index contributed by atoms with van der Waals surface area (Å²) in [6, 6.07) is 7.72. The zero-order chi connectivity index (χ0) is 17.1. The van der Waals surface area contributed by atoms with Crippen LogP contribution in [0.4, 0.5) is 15.9 Å². The van der Waals surface area contributed by atoms with Gasteiger partial charge in [0, 0.05) is 11.8 Å². The molecule has 24 heavy (non-hydrogen) atoms. The van der Waals surface area contributed by atoms with Crippen LogP contribution < -0.4 is 19.5 Å². The highest BCUT2D eigenvalue weighted by Gasteiger charge is 2.20. The Balaban J connectivity index is 2.19. The van der Waals surface area contributed by atoms with Crippen LogP contribution >= 0.6 is 0 Å². The SMILES string of the molecule is COc1cc2ncnc(Nc3ccc(F)cc3)c2c(OC)c1OC. The second-order valence-corrected chi connectivity index (χ2v) is 4.89. The van der Waals surface area contributed by atoms with Gasteiger partial charge >= 0.3 is 0 Å². The van der Waals surface area contributed by atoms with E-state index in [0.717, 1.165) is 0 Å². The number of fused-ring (bicyclic) bond motifs is 1. The van der Waals surface area contributed by atoms with Gasteiger partial charge in [-0.1, -0.05) is 0 Å². The number of hydrogen-bond acceptors (Lipinski definition) is 6. The number of hydrogen-bond donors (Lipinski definition) is 1. The number of methoxy groups -OCH3 is 3. The molecule has 1 heterocycles. The summed E-state index contributed by atoms with van der Waals surface area (Å²) < 4.78 is 29.3. The summed E-state index contributed by atoms with van der Waals surface area (Å²) in [6.07, 6.45) is 1.43. The number of ether oxygens (including phenoxy) is 3. The third kappa shape index (κ3) is 2.76. The van der Waals surface area contributed by atoms with E-state index in [1.165, 1.54) is 32.7 Å².